The molecule has 0 aliphatic rings. The number of aromatic carboxylic acids is 2. The predicted molar refractivity (Wildman–Crippen MR) is 71.6 cm³/mol. The number of carbonyl (C=O) groups is 2. The molecule has 0 heterocycles. The predicted octanol–water partition coefficient (Wildman–Crippen LogP) is -1.62. The van der Waals surface area contributed by atoms with Crippen LogP contribution in [0.2, 0.25) is 0 Å². The van der Waals surface area contributed by atoms with Crippen LogP contribution in [-0.4, -0.2) is 124 Å². The van der Waals surface area contributed by atoms with Gasteiger partial charge in [-0.3, -0.25) is 4.55 Å². The third-order valence-electron chi connectivity index (χ3n) is 1.74. The van der Waals surface area contributed by atoms with E-state index in [0.717, 1.165) is 12.1 Å². The zero-order valence-electron chi connectivity index (χ0n) is 7.61. The molecule has 0 aromatic heterocycles. The van der Waals surface area contributed by atoms with Crippen molar-refractivity contribution in [3.63, 3.8) is 0 Å². The summed E-state index contributed by atoms with van der Waals surface area (Å²) in [4.78, 5) is 20.2. The third kappa shape index (κ3) is 7.05. The Morgan fingerprint density at radius 3 is 1.74 bits per heavy atom. The molecule has 1 aromatic carbocycles. The molecule has 11 heteroatoms. The van der Waals surface area contributed by atoms with Crippen molar-refractivity contribution < 1.29 is 32.8 Å². The zero-order chi connectivity index (χ0) is 12.5. The molecule has 0 saturated heterocycles. The summed E-state index contributed by atoms with van der Waals surface area (Å²) in [6, 6.07) is 2.32. The van der Waals surface area contributed by atoms with Gasteiger partial charge in [0.15, 0.2) is 0 Å². The van der Waals surface area contributed by atoms with Gasteiger partial charge in [0.2, 0.25) is 0 Å². The van der Waals surface area contributed by atoms with Crippen LogP contribution in [0, 0.1) is 0 Å². The Kier molecular flexibility index (Phi) is 13.1. The van der Waals surface area contributed by atoms with Crippen molar-refractivity contribution in [3.8, 4) is 0 Å². The van der Waals surface area contributed by atoms with Crippen LogP contribution in [0.3, 0.4) is 0 Å². The summed E-state index contributed by atoms with van der Waals surface area (Å²) in [6.45, 7) is 0. The fraction of sp³-hybridized carbons (Fsp3) is 0. The van der Waals surface area contributed by atoms with Gasteiger partial charge in [0.05, 0.1) is 11.1 Å². The summed E-state index contributed by atoms with van der Waals surface area (Å²) in [5.41, 5.74) is -1.12. The Morgan fingerprint density at radius 2 is 1.42 bits per heavy atom. The molecule has 0 spiro atoms. The van der Waals surface area contributed by atoms with Gasteiger partial charge in [-0.05, 0) is 18.2 Å². The van der Waals surface area contributed by atoms with Gasteiger partial charge in [-0.25, -0.2) is 9.59 Å². The van der Waals surface area contributed by atoms with Gasteiger partial charge in [0.1, 0.15) is 4.90 Å². The van der Waals surface area contributed by atoms with E-state index < -0.39 is 38.1 Å². The minimum absolute atomic E-state index is 0. The Morgan fingerprint density at radius 1 is 0.947 bits per heavy atom. The second-order valence-corrected chi connectivity index (χ2v) is 4.19. The fourth-order valence-corrected chi connectivity index (χ4v) is 1.75. The number of rotatable bonds is 3. The van der Waals surface area contributed by atoms with Gasteiger partial charge in [-0.15, -0.1) is 0 Å². The standard InChI is InChI=1S/C8H6O7S.3Na.3H/c9-7(10)4-1-2-5(8(11)12)6(3-4)16(13,14)15;;;;;;/h1-3H,(H,9,10)(H,11,12)(H,13,14,15);;;;;;. The van der Waals surface area contributed by atoms with Crippen molar-refractivity contribution in [3.05, 3.63) is 29.3 Å². The van der Waals surface area contributed by atoms with Crippen LogP contribution in [0.1, 0.15) is 20.7 Å². The average molecular weight is 318 g/mol. The molecular formula is C8H9Na3O7S. The zero-order valence-corrected chi connectivity index (χ0v) is 8.43. The van der Waals surface area contributed by atoms with E-state index in [4.69, 9.17) is 14.8 Å². The summed E-state index contributed by atoms with van der Waals surface area (Å²) in [6.07, 6.45) is 0. The molecule has 3 N–H and O–H groups in total. The van der Waals surface area contributed by atoms with Crippen LogP contribution in [0.15, 0.2) is 23.1 Å². The number of benzene rings is 1. The van der Waals surface area contributed by atoms with Crippen LogP contribution in [-0.2, 0) is 10.1 Å². The first-order valence-corrected chi connectivity index (χ1v) is 5.25. The van der Waals surface area contributed by atoms with Crippen LogP contribution < -0.4 is 0 Å². The van der Waals surface area contributed by atoms with Crippen molar-refractivity contribution in [2.45, 2.75) is 4.90 Å². The summed E-state index contributed by atoms with van der Waals surface area (Å²) < 4.78 is 30.4. The number of carboxylic acids is 2. The molecule has 1 rings (SSSR count). The molecule has 1 aromatic rings. The summed E-state index contributed by atoms with van der Waals surface area (Å²) in [5.74, 6) is -3.01. The minimum atomic E-state index is -4.78. The molecule has 0 radical (unpaired) electrons. The van der Waals surface area contributed by atoms with Crippen molar-refractivity contribution >= 4 is 111 Å². The average Bonchev–Trinajstić information content (AvgIpc) is 2.15. The van der Waals surface area contributed by atoms with E-state index in [2.05, 4.69) is 0 Å². The van der Waals surface area contributed by atoms with Gasteiger partial charge in [0, 0.05) is 0 Å². The topological polar surface area (TPSA) is 129 Å². The van der Waals surface area contributed by atoms with Gasteiger partial charge in [-0.2, -0.15) is 8.42 Å². The molecular weight excluding hydrogens is 309 g/mol. The third-order valence-corrected chi connectivity index (χ3v) is 2.63. The van der Waals surface area contributed by atoms with E-state index in [1.54, 1.807) is 0 Å². The van der Waals surface area contributed by atoms with Gasteiger partial charge in [-0.1, -0.05) is 0 Å². The molecule has 0 bridgehead atoms. The quantitative estimate of drug-likeness (QED) is 0.451. The van der Waals surface area contributed by atoms with Crippen LogP contribution >= 0.6 is 0 Å². The van der Waals surface area contributed by atoms with E-state index in [0.29, 0.717) is 6.07 Å². The Bertz CT molecular complexity index is 570. The van der Waals surface area contributed by atoms with Crippen molar-refractivity contribution in [1.82, 2.24) is 0 Å². The molecule has 0 atom stereocenters. The first kappa shape index (κ1) is 25.0. The van der Waals surface area contributed by atoms with Crippen molar-refractivity contribution in [2.75, 3.05) is 0 Å². The van der Waals surface area contributed by atoms with Crippen LogP contribution in [0.4, 0.5) is 0 Å². The molecule has 0 unspecified atom stereocenters. The summed E-state index contributed by atoms with van der Waals surface area (Å²) in [7, 11) is -4.78. The van der Waals surface area contributed by atoms with E-state index in [1.165, 1.54) is 0 Å². The van der Waals surface area contributed by atoms with E-state index in [-0.39, 0.29) is 88.7 Å². The van der Waals surface area contributed by atoms with Crippen LogP contribution in [0.5, 0.6) is 0 Å². The monoisotopic (exact) mass is 318 g/mol. The molecule has 0 aliphatic heterocycles. The maximum atomic E-state index is 10.8. The maximum absolute atomic E-state index is 10.8. The van der Waals surface area contributed by atoms with E-state index in [1.807, 2.05) is 0 Å². The van der Waals surface area contributed by atoms with Gasteiger partial charge < -0.3 is 10.2 Å². The molecule has 7 nitrogen and oxygen atoms in total. The fourth-order valence-electron chi connectivity index (χ4n) is 1.05. The Hall–Kier alpha value is 1.07. The normalized spacial score (nSPS) is 9.32. The summed E-state index contributed by atoms with van der Waals surface area (Å²) >= 11 is 0. The molecule has 0 saturated carbocycles. The number of hydrogen-bond donors (Lipinski definition) is 3. The van der Waals surface area contributed by atoms with E-state index >= 15 is 0 Å². The second kappa shape index (κ2) is 9.91. The van der Waals surface area contributed by atoms with E-state index in [9.17, 15) is 18.0 Å². The molecule has 0 fully saturated rings. The van der Waals surface area contributed by atoms with Crippen LogP contribution in [0.25, 0.3) is 0 Å². The second-order valence-electron chi connectivity index (χ2n) is 2.80. The molecule has 19 heavy (non-hydrogen) atoms. The Balaban J connectivity index is -0.000000853. The Labute approximate surface area is 175 Å². The first-order chi connectivity index (χ1) is 7.23. The summed E-state index contributed by atoms with van der Waals surface area (Å²) in [5, 5.41) is 17.2. The van der Waals surface area contributed by atoms with Gasteiger partial charge in [0.25, 0.3) is 10.1 Å². The first-order valence-electron chi connectivity index (χ1n) is 3.81. The number of hydrogen-bond acceptors (Lipinski definition) is 4. The van der Waals surface area contributed by atoms with Crippen molar-refractivity contribution in [2.24, 2.45) is 0 Å². The SMILES string of the molecule is O=C(O)c1ccc(C(=O)O)c(S(=O)(=O)O)c1.[NaH].[NaH].[NaH]. The molecule has 0 aliphatic carbocycles. The van der Waals surface area contributed by atoms with Crippen molar-refractivity contribution in [1.29, 1.82) is 0 Å². The van der Waals surface area contributed by atoms with Gasteiger partial charge >= 0.3 is 101 Å². The molecule has 0 amide bonds. The number of carboxylic acid groups (broad SMARTS) is 2. The molecule has 92 valence electrons.